The molecule has 6 nitrogen and oxygen atoms in total. The number of hydrogen-bond donors (Lipinski definition) is 2. The van der Waals surface area contributed by atoms with E-state index in [-0.39, 0.29) is 64.9 Å². The van der Waals surface area contributed by atoms with Crippen LogP contribution in [0.3, 0.4) is 0 Å². The van der Waals surface area contributed by atoms with Crippen molar-refractivity contribution in [2.24, 2.45) is 0 Å². The van der Waals surface area contributed by atoms with Gasteiger partial charge in [0.15, 0.2) is 0 Å². The van der Waals surface area contributed by atoms with Gasteiger partial charge in [0.25, 0.3) is 0 Å². The largest absolute Gasteiger partial charge is 1.00 e. The Bertz CT molecular complexity index is 904. The number of unbranched alkanes of at least 4 members (excludes halogenated alkanes) is 2. The van der Waals surface area contributed by atoms with Crippen LogP contribution in [0, 0.1) is 13.8 Å². The molecule has 0 spiro atoms. The Labute approximate surface area is 247 Å². The number of carbonyl (C=O) groups is 1. The van der Waals surface area contributed by atoms with Gasteiger partial charge in [-0.3, -0.25) is 9.69 Å². The minimum absolute atomic E-state index is 0. The normalized spacial score (nSPS) is 18.3. The Kier molecular flexibility index (Phi) is 12.6. The number of hydrogen-bond acceptors (Lipinski definition) is 5. The first-order valence-electron chi connectivity index (χ1n) is 11.8. The minimum atomic E-state index is -0.800. The van der Waals surface area contributed by atoms with Gasteiger partial charge in [0, 0.05) is 31.9 Å². The fourth-order valence-corrected chi connectivity index (χ4v) is 4.71. The minimum Gasteiger partial charge on any atom is -0.480 e. The van der Waals surface area contributed by atoms with Crippen molar-refractivity contribution < 1.29 is 66.0 Å². The second-order valence-corrected chi connectivity index (χ2v) is 8.89. The molecule has 0 aliphatic carbocycles. The number of nitrogens with one attached hydrogen (secondary N) is 1. The topological polar surface area (TPSA) is 74.7 Å². The van der Waals surface area contributed by atoms with Crippen molar-refractivity contribution in [2.75, 3.05) is 25.0 Å². The number of carboxylic acids is 1. The molecule has 1 aromatic carbocycles. The van der Waals surface area contributed by atoms with Gasteiger partial charge in [0.05, 0.1) is 6.10 Å². The van der Waals surface area contributed by atoms with Gasteiger partial charge in [-0.1, -0.05) is 37.5 Å². The SMILES string of the molecule is C[CH-]c1cccc(C(C(=O)O)N2CC(OCCCCCC3CCc4cccnc4N3)C2)c1.[CH3-].[K+]. The summed E-state index contributed by atoms with van der Waals surface area (Å²) < 4.78 is 5.99. The van der Waals surface area contributed by atoms with E-state index in [1.165, 1.54) is 24.8 Å². The number of fused-ring (bicyclic) bond motifs is 1. The van der Waals surface area contributed by atoms with E-state index >= 15 is 0 Å². The smallest absolute Gasteiger partial charge is 0.480 e. The van der Waals surface area contributed by atoms with Crippen LogP contribution in [-0.4, -0.2) is 52.8 Å². The summed E-state index contributed by atoms with van der Waals surface area (Å²) in [7, 11) is 0. The second-order valence-electron chi connectivity index (χ2n) is 8.89. The van der Waals surface area contributed by atoms with Crippen LogP contribution in [-0.2, 0) is 16.0 Å². The predicted molar refractivity (Wildman–Crippen MR) is 132 cm³/mol. The van der Waals surface area contributed by atoms with E-state index in [9.17, 15) is 9.90 Å². The molecule has 2 N–H and O–H groups in total. The average molecular weight is 491 g/mol. The molecule has 2 aliphatic heterocycles. The third-order valence-corrected chi connectivity index (χ3v) is 6.58. The van der Waals surface area contributed by atoms with Crippen LogP contribution in [0.1, 0.15) is 61.8 Å². The quantitative estimate of drug-likeness (QED) is 0.285. The number of aromatic nitrogens is 1. The van der Waals surface area contributed by atoms with Crippen molar-refractivity contribution in [1.29, 1.82) is 0 Å². The molecule has 180 valence electrons. The van der Waals surface area contributed by atoms with Gasteiger partial charge < -0.3 is 22.6 Å². The van der Waals surface area contributed by atoms with Crippen LogP contribution in [0.2, 0.25) is 0 Å². The molecule has 0 bridgehead atoms. The van der Waals surface area contributed by atoms with E-state index < -0.39 is 12.0 Å². The zero-order valence-electron chi connectivity index (χ0n) is 20.9. The van der Waals surface area contributed by atoms with E-state index in [4.69, 9.17) is 4.74 Å². The number of aryl methyl sites for hydroxylation is 1. The van der Waals surface area contributed by atoms with Gasteiger partial charge in [-0.2, -0.15) is 24.1 Å². The Morgan fingerprint density at radius 1 is 1.26 bits per heavy atom. The maximum Gasteiger partial charge on any atom is 1.00 e. The number of nitrogens with zero attached hydrogens (tertiary/aromatic N) is 2. The second kappa shape index (κ2) is 14.6. The van der Waals surface area contributed by atoms with E-state index in [1.54, 1.807) is 0 Å². The Morgan fingerprint density at radius 3 is 2.85 bits per heavy atom. The molecule has 2 aliphatic rings. The van der Waals surface area contributed by atoms with E-state index in [0.29, 0.717) is 19.1 Å². The van der Waals surface area contributed by atoms with Gasteiger partial charge in [0.1, 0.15) is 11.9 Å². The average Bonchev–Trinajstić information content (AvgIpc) is 2.79. The Balaban J connectivity index is 0.00000204. The summed E-state index contributed by atoms with van der Waals surface area (Å²) in [6.45, 7) is 4.06. The molecule has 0 radical (unpaired) electrons. The van der Waals surface area contributed by atoms with Crippen LogP contribution < -0.4 is 56.7 Å². The van der Waals surface area contributed by atoms with E-state index in [1.807, 2.05) is 54.8 Å². The van der Waals surface area contributed by atoms with Crippen LogP contribution in [0.25, 0.3) is 0 Å². The maximum absolute atomic E-state index is 11.9. The van der Waals surface area contributed by atoms with Gasteiger partial charge in [-0.05, 0) is 37.3 Å². The summed E-state index contributed by atoms with van der Waals surface area (Å²) in [6, 6.07) is 11.9. The molecule has 2 unspecified atom stereocenters. The molecule has 0 saturated carbocycles. The number of benzene rings is 1. The predicted octanol–water partition coefficient (Wildman–Crippen LogP) is 1.92. The van der Waals surface area contributed by atoms with Crippen LogP contribution in [0.15, 0.2) is 42.6 Å². The number of carboxylic acid groups (broad SMARTS) is 1. The van der Waals surface area contributed by atoms with E-state index in [0.717, 1.165) is 42.8 Å². The van der Waals surface area contributed by atoms with Gasteiger partial charge in [-0.25, -0.2) is 4.98 Å². The van der Waals surface area contributed by atoms with Crippen molar-refractivity contribution >= 4 is 11.8 Å². The van der Waals surface area contributed by atoms with Crippen LogP contribution >= 0.6 is 0 Å². The summed E-state index contributed by atoms with van der Waals surface area (Å²) in [6.07, 6.45) is 10.8. The molecule has 0 amide bonds. The first kappa shape index (κ1) is 29.3. The first-order valence-corrected chi connectivity index (χ1v) is 11.8. The molecule has 1 fully saturated rings. The van der Waals surface area contributed by atoms with Crippen molar-refractivity contribution in [1.82, 2.24) is 9.88 Å². The third-order valence-electron chi connectivity index (χ3n) is 6.58. The molecular weight excluding hydrogens is 453 g/mol. The van der Waals surface area contributed by atoms with Gasteiger partial charge in [-0.15, -0.1) is 6.07 Å². The number of pyridine rings is 1. The molecular formula is C27H37KN3O3-. The Morgan fingerprint density at radius 2 is 2.09 bits per heavy atom. The van der Waals surface area contributed by atoms with Crippen LogP contribution in [0.4, 0.5) is 5.82 Å². The number of likely N-dealkylation sites (tertiary alicyclic amines) is 1. The molecule has 2 aromatic rings. The summed E-state index contributed by atoms with van der Waals surface area (Å²) in [5.74, 6) is 0.256. The molecule has 4 rings (SSSR count). The van der Waals surface area contributed by atoms with E-state index in [2.05, 4.69) is 16.4 Å². The zero-order valence-corrected chi connectivity index (χ0v) is 24.0. The molecule has 2 atom stereocenters. The third kappa shape index (κ3) is 7.78. The van der Waals surface area contributed by atoms with Gasteiger partial charge >= 0.3 is 57.4 Å². The summed E-state index contributed by atoms with van der Waals surface area (Å²) >= 11 is 0. The van der Waals surface area contributed by atoms with Crippen molar-refractivity contribution in [3.8, 4) is 0 Å². The molecule has 1 aromatic heterocycles. The van der Waals surface area contributed by atoms with Crippen molar-refractivity contribution in [3.05, 3.63) is 73.1 Å². The fourth-order valence-electron chi connectivity index (χ4n) is 4.71. The van der Waals surface area contributed by atoms with Crippen LogP contribution in [0.5, 0.6) is 0 Å². The van der Waals surface area contributed by atoms with Crippen molar-refractivity contribution in [3.63, 3.8) is 0 Å². The molecule has 3 heterocycles. The van der Waals surface area contributed by atoms with Gasteiger partial charge in [0.2, 0.25) is 0 Å². The summed E-state index contributed by atoms with van der Waals surface area (Å²) in [5, 5.41) is 13.3. The number of ether oxygens (including phenoxy) is 1. The fraction of sp³-hybridized carbons (Fsp3) is 0.481. The first-order chi connectivity index (χ1) is 15.6. The molecule has 34 heavy (non-hydrogen) atoms. The number of anilines is 1. The Hall–Kier alpha value is -0.934. The summed E-state index contributed by atoms with van der Waals surface area (Å²) in [4.78, 5) is 18.3. The monoisotopic (exact) mass is 490 g/mol. The number of rotatable bonds is 11. The molecule has 7 heteroatoms. The maximum atomic E-state index is 11.9. The number of aliphatic carboxylic acids is 1. The summed E-state index contributed by atoms with van der Waals surface area (Å²) in [5.41, 5.74) is 3.21. The molecule has 1 saturated heterocycles. The van der Waals surface area contributed by atoms with Crippen molar-refractivity contribution in [2.45, 2.75) is 63.6 Å². The standard InChI is InChI=1S/C26H34N3O3.CH3.K/c1-2-19-8-6-9-21(16-19)24(26(30)31)29-17-23(18-29)32-15-5-3-4-11-22-13-12-20-10-7-14-27-25(20)28-22;;/h2,6-10,14,16,22-24H,3-5,11-13,15,17-18H2,1H3,(H,27,28)(H,30,31);1H3;/q2*-1;+1. The zero-order chi connectivity index (χ0) is 22.3.